The predicted molar refractivity (Wildman–Crippen MR) is 64.9 cm³/mol. The topological polar surface area (TPSA) is 66.0 Å². The molecule has 4 nitrogen and oxygen atoms in total. The number of thioether (sulfide) groups is 1. The molecule has 2 rings (SSSR count). The van der Waals surface area contributed by atoms with E-state index in [-0.39, 0.29) is 5.75 Å². The van der Waals surface area contributed by atoms with Crippen LogP contribution in [0, 0.1) is 0 Å². The molecular formula is C10H9ClN2O2S. The average molecular weight is 257 g/mol. The molecule has 1 aromatic carbocycles. The number of nitrogens with zero attached hydrogens (tertiary/aromatic N) is 1. The standard InChI is InChI=1S/C10H9ClN2O2S/c11-6-2-1-3-7-10(6)13-8(12-7)4-16-5-9(14)15/h1-3H,4-5H2,(H,12,13)(H,14,15). The predicted octanol–water partition coefficient (Wildman–Crippen LogP) is 2.53. The van der Waals surface area contributed by atoms with Crippen LogP contribution in [-0.4, -0.2) is 26.8 Å². The van der Waals surface area contributed by atoms with Gasteiger partial charge in [0.25, 0.3) is 0 Å². The number of carbonyl (C=O) groups is 1. The number of H-pyrrole nitrogens is 1. The Balaban J connectivity index is 2.14. The molecule has 0 aliphatic carbocycles. The molecule has 1 aromatic heterocycles. The second-order valence-corrected chi connectivity index (χ2v) is 4.60. The normalized spacial score (nSPS) is 10.8. The van der Waals surface area contributed by atoms with Gasteiger partial charge >= 0.3 is 5.97 Å². The van der Waals surface area contributed by atoms with Gasteiger partial charge < -0.3 is 10.1 Å². The number of halogens is 1. The first-order valence-electron chi connectivity index (χ1n) is 4.59. The van der Waals surface area contributed by atoms with Gasteiger partial charge in [-0.1, -0.05) is 17.7 Å². The lowest BCUT2D eigenvalue weighted by atomic mass is 10.3. The molecule has 0 bridgehead atoms. The van der Waals surface area contributed by atoms with Crippen molar-refractivity contribution in [3.63, 3.8) is 0 Å². The van der Waals surface area contributed by atoms with Crippen LogP contribution in [0.4, 0.5) is 0 Å². The monoisotopic (exact) mass is 256 g/mol. The van der Waals surface area contributed by atoms with E-state index in [1.807, 2.05) is 12.1 Å². The van der Waals surface area contributed by atoms with Crippen molar-refractivity contribution < 1.29 is 9.90 Å². The van der Waals surface area contributed by atoms with E-state index in [4.69, 9.17) is 16.7 Å². The minimum atomic E-state index is -0.820. The third kappa shape index (κ3) is 2.48. The van der Waals surface area contributed by atoms with Crippen molar-refractivity contribution in [1.82, 2.24) is 9.97 Å². The largest absolute Gasteiger partial charge is 0.481 e. The van der Waals surface area contributed by atoms with E-state index >= 15 is 0 Å². The van der Waals surface area contributed by atoms with Gasteiger partial charge in [-0.15, -0.1) is 11.8 Å². The van der Waals surface area contributed by atoms with E-state index in [1.165, 1.54) is 11.8 Å². The summed E-state index contributed by atoms with van der Waals surface area (Å²) in [7, 11) is 0. The van der Waals surface area contributed by atoms with Crippen LogP contribution in [0.2, 0.25) is 5.02 Å². The molecule has 0 amide bonds. The van der Waals surface area contributed by atoms with E-state index in [2.05, 4.69) is 9.97 Å². The molecule has 0 aliphatic heterocycles. The summed E-state index contributed by atoms with van der Waals surface area (Å²) in [6.07, 6.45) is 0. The number of imidazole rings is 1. The van der Waals surface area contributed by atoms with Crippen LogP contribution in [0.15, 0.2) is 18.2 Å². The average Bonchev–Trinajstić information content (AvgIpc) is 2.61. The first kappa shape index (κ1) is 11.3. The quantitative estimate of drug-likeness (QED) is 0.882. The molecule has 16 heavy (non-hydrogen) atoms. The summed E-state index contributed by atoms with van der Waals surface area (Å²) < 4.78 is 0. The summed E-state index contributed by atoms with van der Waals surface area (Å²) in [5.74, 6) is 0.538. The Labute approximate surface area is 101 Å². The van der Waals surface area contributed by atoms with Crippen LogP contribution in [0.5, 0.6) is 0 Å². The maximum atomic E-state index is 10.3. The molecule has 0 atom stereocenters. The maximum absolute atomic E-state index is 10.3. The highest BCUT2D eigenvalue weighted by Gasteiger charge is 2.06. The highest BCUT2D eigenvalue weighted by Crippen LogP contribution is 2.22. The van der Waals surface area contributed by atoms with Crippen LogP contribution in [0.25, 0.3) is 11.0 Å². The number of aliphatic carboxylic acids is 1. The van der Waals surface area contributed by atoms with Crippen LogP contribution < -0.4 is 0 Å². The molecule has 1 heterocycles. The molecule has 84 valence electrons. The minimum absolute atomic E-state index is 0.0742. The van der Waals surface area contributed by atoms with E-state index < -0.39 is 5.97 Å². The van der Waals surface area contributed by atoms with Gasteiger partial charge in [-0.25, -0.2) is 4.98 Å². The zero-order chi connectivity index (χ0) is 11.5. The van der Waals surface area contributed by atoms with Gasteiger partial charge in [-0.05, 0) is 12.1 Å². The number of benzene rings is 1. The number of carboxylic acid groups (broad SMARTS) is 1. The number of para-hydroxylation sites is 1. The molecule has 6 heteroatoms. The van der Waals surface area contributed by atoms with E-state index in [9.17, 15) is 4.79 Å². The van der Waals surface area contributed by atoms with Gasteiger partial charge in [0.05, 0.1) is 22.0 Å². The number of fused-ring (bicyclic) bond motifs is 1. The van der Waals surface area contributed by atoms with Crippen LogP contribution >= 0.6 is 23.4 Å². The SMILES string of the molecule is O=C(O)CSCc1nc2c(Cl)cccc2[nH]1. The highest BCUT2D eigenvalue weighted by molar-refractivity contribution is 7.99. The summed E-state index contributed by atoms with van der Waals surface area (Å²) in [6, 6.07) is 5.51. The fourth-order valence-electron chi connectivity index (χ4n) is 1.35. The third-order valence-electron chi connectivity index (χ3n) is 1.98. The van der Waals surface area contributed by atoms with Crippen molar-refractivity contribution in [3.05, 3.63) is 29.0 Å². The van der Waals surface area contributed by atoms with E-state index in [1.54, 1.807) is 6.07 Å². The van der Waals surface area contributed by atoms with Crippen molar-refractivity contribution >= 4 is 40.4 Å². The Morgan fingerprint density at radius 2 is 2.38 bits per heavy atom. The minimum Gasteiger partial charge on any atom is -0.481 e. The molecule has 0 saturated carbocycles. The molecule has 2 N–H and O–H groups in total. The van der Waals surface area contributed by atoms with Crippen molar-refractivity contribution in [1.29, 1.82) is 0 Å². The molecule has 0 radical (unpaired) electrons. The number of aromatic nitrogens is 2. The van der Waals surface area contributed by atoms with Crippen LogP contribution in [-0.2, 0) is 10.5 Å². The van der Waals surface area contributed by atoms with Crippen LogP contribution in [0.3, 0.4) is 0 Å². The molecule has 0 saturated heterocycles. The lowest BCUT2D eigenvalue weighted by Crippen LogP contribution is -1.98. The zero-order valence-corrected chi connectivity index (χ0v) is 9.81. The van der Waals surface area contributed by atoms with Gasteiger partial charge in [-0.3, -0.25) is 4.79 Å². The molecule has 0 unspecified atom stereocenters. The first-order chi connectivity index (χ1) is 7.66. The van der Waals surface area contributed by atoms with Gasteiger partial charge in [-0.2, -0.15) is 0 Å². The third-order valence-corrected chi connectivity index (χ3v) is 3.21. The van der Waals surface area contributed by atoms with Crippen molar-refractivity contribution in [2.24, 2.45) is 0 Å². The number of hydrogen-bond donors (Lipinski definition) is 2. The van der Waals surface area contributed by atoms with Crippen LogP contribution in [0.1, 0.15) is 5.82 Å². The first-order valence-corrected chi connectivity index (χ1v) is 6.13. The Hall–Kier alpha value is -1.20. The number of hydrogen-bond acceptors (Lipinski definition) is 3. The summed E-state index contributed by atoms with van der Waals surface area (Å²) in [6.45, 7) is 0. The van der Waals surface area contributed by atoms with Crippen molar-refractivity contribution in [2.75, 3.05) is 5.75 Å². The summed E-state index contributed by atoms with van der Waals surface area (Å²) in [4.78, 5) is 17.8. The molecule has 0 aliphatic rings. The number of rotatable bonds is 4. The lowest BCUT2D eigenvalue weighted by molar-refractivity contribution is -0.133. The van der Waals surface area contributed by atoms with Gasteiger partial charge in [0.2, 0.25) is 0 Å². The number of carboxylic acids is 1. The summed E-state index contributed by atoms with van der Waals surface area (Å²) in [5, 5.41) is 9.10. The van der Waals surface area contributed by atoms with Gasteiger partial charge in [0.1, 0.15) is 11.3 Å². The lowest BCUT2D eigenvalue weighted by Gasteiger charge is -1.93. The smallest absolute Gasteiger partial charge is 0.313 e. The van der Waals surface area contributed by atoms with E-state index in [0.717, 1.165) is 16.9 Å². The van der Waals surface area contributed by atoms with E-state index in [0.29, 0.717) is 10.8 Å². The van der Waals surface area contributed by atoms with Crippen molar-refractivity contribution in [2.45, 2.75) is 5.75 Å². The fraction of sp³-hybridized carbons (Fsp3) is 0.200. The summed E-state index contributed by atoms with van der Waals surface area (Å²) >= 11 is 7.27. The zero-order valence-electron chi connectivity index (χ0n) is 8.24. The fourth-order valence-corrected chi connectivity index (χ4v) is 2.18. The van der Waals surface area contributed by atoms with Crippen molar-refractivity contribution in [3.8, 4) is 0 Å². The second-order valence-electron chi connectivity index (χ2n) is 3.21. The highest BCUT2D eigenvalue weighted by atomic mass is 35.5. The summed E-state index contributed by atoms with van der Waals surface area (Å²) in [5.41, 5.74) is 1.61. The molecule has 2 aromatic rings. The molecular weight excluding hydrogens is 248 g/mol. The Morgan fingerprint density at radius 3 is 3.06 bits per heavy atom. The molecule has 0 spiro atoms. The van der Waals surface area contributed by atoms with Gasteiger partial charge in [0, 0.05) is 0 Å². The van der Waals surface area contributed by atoms with Gasteiger partial charge in [0.15, 0.2) is 0 Å². The molecule has 0 fully saturated rings. The number of aromatic amines is 1. The Morgan fingerprint density at radius 1 is 1.56 bits per heavy atom. The Bertz CT molecular complexity index is 527. The number of nitrogens with one attached hydrogen (secondary N) is 1. The maximum Gasteiger partial charge on any atom is 0.313 e. The Kier molecular flexibility index (Phi) is 3.36. The second kappa shape index (κ2) is 4.76.